The summed E-state index contributed by atoms with van der Waals surface area (Å²) in [6.45, 7) is 0.777. The van der Waals surface area contributed by atoms with Gasteiger partial charge >= 0.3 is 0 Å². The van der Waals surface area contributed by atoms with Gasteiger partial charge in [0.25, 0.3) is 5.91 Å². The summed E-state index contributed by atoms with van der Waals surface area (Å²) < 4.78 is 0. The van der Waals surface area contributed by atoms with E-state index in [1.54, 1.807) is 11.8 Å². The number of amidine groups is 1. The van der Waals surface area contributed by atoms with Crippen molar-refractivity contribution in [1.29, 1.82) is 0 Å². The number of carbonyl (C=O) groups is 1. The molecule has 0 saturated carbocycles. The molecule has 0 radical (unpaired) electrons. The summed E-state index contributed by atoms with van der Waals surface area (Å²) in [4.78, 5) is 20.6. The number of nitrogens with zero attached hydrogens (tertiary/aromatic N) is 2. The van der Waals surface area contributed by atoms with Crippen molar-refractivity contribution in [3.63, 3.8) is 0 Å². The highest BCUT2D eigenvalue weighted by Gasteiger charge is 2.15. The van der Waals surface area contributed by atoms with Crippen LogP contribution in [0.15, 0.2) is 40.7 Å². The lowest BCUT2D eigenvalue weighted by atomic mass is 10.1. The second kappa shape index (κ2) is 6.87. The second-order valence-corrected chi connectivity index (χ2v) is 6.63. The minimum atomic E-state index is -0.162. The maximum Gasteiger partial charge on any atom is 0.276 e. The predicted octanol–water partition coefficient (Wildman–Crippen LogP) is 2.76. The summed E-state index contributed by atoms with van der Waals surface area (Å²) in [5, 5.41) is 6.31. The lowest BCUT2D eigenvalue weighted by molar-refractivity contribution is 0.0973. The highest BCUT2D eigenvalue weighted by atomic mass is 32.2. The predicted molar refractivity (Wildman–Crippen MR) is 88.2 cm³/mol. The third kappa shape index (κ3) is 3.92. The van der Waals surface area contributed by atoms with Crippen LogP contribution in [0.25, 0.3) is 0 Å². The number of hydrogen-bond donors (Lipinski definition) is 1. The number of rotatable bonds is 4. The van der Waals surface area contributed by atoms with Gasteiger partial charge in [-0.05, 0) is 12.0 Å². The molecule has 21 heavy (non-hydrogen) atoms. The number of carbonyl (C=O) groups excluding carboxylic acids is 1. The van der Waals surface area contributed by atoms with Gasteiger partial charge in [0.1, 0.15) is 5.69 Å². The zero-order valence-electron chi connectivity index (χ0n) is 11.4. The average molecular weight is 317 g/mol. The summed E-state index contributed by atoms with van der Waals surface area (Å²) in [7, 11) is 0. The number of aromatic nitrogens is 1. The smallest absolute Gasteiger partial charge is 0.276 e. The van der Waals surface area contributed by atoms with E-state index in [1.807, 2.05) is 23.6 Å². The summed E-state index contributed by atoms with van der Waals surface area (Å²) in [5.41, 5.74) is 1.77. The van der Waals surface area contributed by atoms with Gasteiger partial charge in [-0.1, -0.05) is 42.1 Å². The molecule has 0 atom stereocenters. The van der Waals surface area contributed by atoms with E-state index >= 15 is 0 Å². The van der Waals surface area contributed by atoms with Crippen LogP contribution in [0.4, 0.5) is 0 Å². The fourth-order valence-electron chi connectivity index (χ4n) is 2.00. The maximum atomic E-state index is 12.0. The number of benzene rings is 1. The van der Waals surface area contributed by atoms with Crippen molar-refractivity contribution in [2.45, 2.75) is 12.8 Å². The van der Waals surface area contributed by atoms with E-state index in [0.29, 0.717) is 10.9 Å². The first-order chi connectivity index (χ1) is 10.3. The largest absolute Gasteiger partial charge is 0.300 e. The van der Waals surface area contributed by atoms with Crippen LogP contribution < -0.4 is 5.32 Å². The molecule has 6 heteroatoms. The molecule has 0 bridgehead atoms. The molecule has 0 saturated heterocycles. The Morgan fingerprint density at radius 2 is 2.10 bits per heavy atom. The average Bonchev–Trinajstić information content (AvgIpc) is 3.17. The molecule has 0 fully saturated rings. The van der Waals surface area contributed by atoms with E-state index in [1.165, 1.54) is 16.9 Å². The minimum Gasteiger partial charge on any atom is -0.300 e. The van der Waals surface area contributed by atoms with Crippen LogP contribution in [0.3, 0.4) is 0 Å². The molecule has 1 aromatic carbocycles. The number of aryl methyl sites for hydroxylation is 2. The van der Waals surface area contributed by atoms with Crippen LogP contribution in [0.1, 0.15) is 21.1 Å². The van der Waals surface area contributed by atoms with Gasteiger partial charge in [0.15, 0.2) is 5.17 Å². The molecule has 0 aliphatic carbocycles. The van der Waals surface area contributed by atoms with Gasteiger partial charge in [-0.3, -0.25) is 15.1 Å². The molecule has 0 spiro atoms. The molecular formula is C15H15N3OS2. The van der Waals surface area contributed by atoms with Crippen molar-refractivity contribution in [2.75, 3.05) is 12.3 Å². The van der Waals surface area contributed by atoms with Crippen LogP contribution in [-0.2, 0) is 12.8 Å². The van der Waals surface area contributed by atoms with Crippen LogP contribution >= 0.6 is 23.1 Å². The van der Waals surface area contributed by atoms with Gasteiger partial charge < -0.3 is 0 Å². The van der Waals surface area contributed by atoms with Crippen molar-refractivity contribution in [3.8, 4) is 0 Å². The van der Waals surface area contributed by atoms with Gasteiger partial charge in [0.2, 0.25) is 0 Å². The van der Waals surface area contributed by atoms with E-state index in [0.717, 1.165) is 30.1 Å². The van der Waals surface area contributed by atoms with E-state index in [4.69, 9.17) is 0 Å². The molecule has 108 valence electrons. The van der Waals surface area contributed by atoms with E-state index in [-0.39, 0.29) is 5.91 Å². The van der Waals surface area contributed by atoms with E-state index in [2.05, 4.69) is 27.4 Å². The standard InChI is InChI=1S/C15H15N3OS2/c19-14(18-15-16-8-9-20-15)12-10-21-13(17-12)7-6-11-4-2-1-3-5-11/h1-5,10H,6-9H2,(H,16,18,19). The van der Waals surface area contributed by atoms with Crippen LogP contribution in [0.2, 0.25) is 0 Å². The lowest BCUT2D eigenvalue weighted by Gasteiger charge is -2.00. The summed E-state index contributed by atoms with van der Waals surface area (Å²) in [6, 6.07) is 10.3. The molecule has 1 aromatic heterocycles. The van der Waals surface area contributed by atoms with Crippen molar-refractivity contribution in [3.05, 3.63) is 52.0 Å². The highest BCUT2D eigenvalue weighted by molar-refractivity contribution is 8.14. The Morgan fingerprint density at radius 3 is 2.86 bits per heavy atom. The van der Waals surface area contributed by atoms with Crippen molar-refractivity contribution in [1.82, 2.24) is 10.3 Å². The molecule has 2 heterocycles. The van der Waals surface area contributed by atoms with Crippen LogP contribution in [0.5, 0.6) is 0 Å². The van der Waals surface area contributed by atoms with Gasteiger partial charge in [0.05, 0.1) is 11.6 Å². The molecule has 1 amide bonds. The molecule has 1 N–H and O–H groups in total. The first kappa shape index (κ1) is 14.3. The first-order valence-corrected chi connectivity index (χ1v) is 8.65. The molecular weight excluding hydrogens is 302 g/mol. The molecule has 4 nitrogen and oxygen atoms in total. The third-order valence-corrected chi connectivity index (χ3v) is 4.86. The number of hydrogen-bond acceptors (Lipinski definition) is 5. The van der Waals surface area contributed by atoms with Gasteiger partial charge in [0, 0.05) is 17.6 Å². The molecule has 0 unspecified atom stereocenters. The fraction of sp³-hybridized carbons (Fsp3) is 0.267. The summed E-state index contributed by atoms with van der Waals surface area (Å²) >= 11 is 3.11. The second-order valence-electron chi connectivity index (χ2n) is 4.60. The van der Waals surface area contributed by atoms with Crippen molar-refractivity contribution >= 4 is 34.2 Å². The van der Waals surface area contributed by atoms with Crippen molar-refractivity contribution < 1.29 is 4.79 Å². The van der Waals surface area contributed by atoms with Crippen LogP contribution in [-0.4, -0.2) is 28.4 Å². The van der Waals surface area contributed by atoms with Gasteiger partial charge in [-0.25, -0.2) is 4.98 Å². The quantitative estimate of drug-likeness (QED) is 0.943. The Balaban J connectivity index is 1.57. The summed E-state index contributed by atoms with van der Waals surface area (Å²) in [6.07, 6.45) is 1.80. The number of aliphatic imine (C=N–C) groups is 1. The Hall–Kier alpha value is -1.66. The zero-order chi connectivity index (χ0) is 14.5. The maximum absolute atomic E-state index is 12.0. The van der Waals surface area contributed by atoms with Gasteiger partial charge in [-0.2, -0.15) is 0 Å². The summed E-state index contributed by atoms with van der Waals surface area (Å²) in [5.74, 6) is 0.778. The van der Waals surface area contributed by atoms with Crippen LogP contribution in [0, 0.1) is 0 Å². The SMILES string of the molecule is O=C(NC1=NCCS1)c1csc(CCc2ccccc2)n1. The van der Waals surface area contributed by atoms with E-state index < -0.39 is 0 Å². The van der Waals surface area contributed by atoms with E-state index in [9.17, 15) is 4.79 Å². The molecule has 2 aromatic rings. The molecule has 1 aliphatic rings. The monoisotopic (exact) mass is 317 g/mol. The molecule has 3 rings (SSSR count). The van der Waals surface area contributed by atoms with Crippen molar-refractivity contribution in [2.24, 2.45) is 4.99 Å². The minimum absolute atomic E-state index is 0.162. The number of amides is 1. The zero-order valence-corrected chi connectivity index (χ0v) is 13.0. The third-order valence-electron chi connectivity index (χ3n) is 3.06. The Labute approximate surface area is 131 Å². The topological polar surface area (TPSA) is 54.4 Å². The molecule has 1 aliphatic heterocycles. The lowest BCUT2D eigenvalue weighted by Crippen LogP contribution is -2.27. The fourth-order valence-corrected chi connectivity index (χ4v) is 3.50. The number of nitrogens with one attached hydrogen (secondary N) is 1. The highest BCUT2D eigenvalue weighted by Crippen LogP contribution is 2.14. The first-order valence-electron chi connectivity index (χ1n) is 6.78. The number of thiazole rings is 1. The Morgan fingerprint density at radius 1 is 1.24 bits per heavy atom. The van der Waals surface area contributed by atoms with Gasteiger partial charge in [-0.15, -0.1) is 11.3 Å². The Bertz CT molecular complexity index is 652. The Kier molecular flexibility index (Phi) is 4.67. The number of thioether (sulfide) groups is 1. The normalized spacial score (nSPS) is 14.0.